The predicted octanol–water partition coefficient (Wildman–Crippen LogP) is 1.39. The normalized spacial score (nSPS) is 14.1. The van der Waals surface area contributed by atoms with E-state index in [1.165, 1.54) is 0 Å². The van der Waals surface area contributed by atoms with Crippen LogP contribution in [0.25, 0.3) is 0 Å². The van der Waals surface area contributed by atoms with Crippen LogP contribution in [0.3, 0.4) is 0 Å². The molecule has 1 amide bonds. The third kappa shape index (κ3) is 3.75. The van der Waals surface area contributed by atoms with Crippen LogP contribution in [0.1, 0.15) is 31.7 Å². The predicted molar refractivity (Wildman–Crippen MR) is 67.8 cm³/mol. The topological polar surface area (TPSA) is 78.3 Å². The minimum atomic E-state index is -0.764. The van der Waals surface area contributed by atoms with E-state index < -0.39 is 11.9 Å². The van der Waals surface area contributed by atoms with Gasteiger partial charge < -0.3 is 16.2 Å². The van der Waals surface area contributed by atoms with Gasteiger partial charge in [-0.05, 0) is 24.0 Å². The van der Waals surface area contributed by atoms with Crippen LogP contribution in [-0.2, 0) is 4.79 Å². The fourth-order valence-electron chi connectivity index (χ4n) is 1.50. The van der Waals surface area contributed by atoms with Crippen molar-refractivity contribution in [2.24, 2.45) is 11.5 Å². The molecule has 4 nitrogen and oxygen atoms in total. The number of carbonyl (C=O) groups excluding carboxylic acids is 1. The zero-order chi connectivity index (χ0) is 12.8. The standard InChI is InChI=1S/C13H20N2O2/c1-3-9(2)10-6-4-5-7-12(10)17-8-11(14)13(15)16/h4-7,9,11H,3,8,14H2,1-2H3,(H2,15,16). The fraction of sp³-hybridized carbons (Fsp3) is 0.462. The zero-order valence-electron chi connectivity index (χ0n) is 10.3. The summed E-state index contributed by atoms with van der Waals surface area (Å²) in [4.78, 5) is 10.8. The van der Waals surface area contributed by atoms with Crippen LogP contribution >= 0.6 is 0 Å². The summed E-state index contributed by atoms with van der Waals surface area (Å²) in [6.07, 6.45) is 1.03. The number of para-hydroxylation sites is 1. The Morgan fingerprint density at radius 1 is 1.41 bits per heavy atom. The van der Waals surface area contributed by atoms with Gasteiger partial charge in [-0.2, -0.15) is 0 Å². The lowest BCUT2D eigenvalue weighted by atomic mass is 9.98. The van der Waals surface area contributed by atoms with Gasteiger partial charge in [0.25, 0.3) is 0 Å². The van der Waals surface area contributed by atoms with E-state index in [0.717, 1.165) is 17.7 Å². The Hall–Kier alpha value is -1.55. The van der Waals surface area contributed by atoms with Gasteiger partial charge in [0.2, 0.25) is 5.91 Å². The van der Waals surface area contributed by atoms with Crippen molar-refractivity contribution in [3.8, 4) is 5.75 Å². The van der Waals surface area contributed by atoms with Crippen LogP contribution in [-0.4, -0.2) is 18.6 Å². The molecule has 1 rings (SSSR count). The number of carbonyl (C=O) groups is 1. The molecule has 0 heterocycles. The second-order valence-electron chi connectivity index (χ2n) is 4.17. The first-order valence-electron chi connectivity index (χ1n) is 5.82. The number of hydrogen-bond acceptors (Lipinski definition) is 3. The van der Waals surface area contributed by atoms with Crippen LogP contribution in [0.15, 0.2) is 24.3 Å². The van der Waals surface area contributed by atoms with Crippen LogP contribution < -0.4 is 16.2 Å². The number of hydrogen-bond donors (Lipinski definition) is 2. The van der Waals surface area contributed by atoms with Gasteiger partial charge in [-0.25, -0.2) is 0 Å². The third-order valence-corrected chi connectivity index (χ3v) is 2.85. The molecule has 0 saturated heterocycles. The highest BCUT2D eigenvalue weighted by molar-refractivity contribution is 5.79. The largest absolute Gasteiger partial charge is 0.491 e. The maximum absolute atomic E-state index is 10.8. The van der Waals surface area contributed by atoms with Gasteiger partial charge in [0, 0.05) is 0 Å². The number of primary amides is 1. The molecular weight excluding hydrogens is 216 g/mol. The van der Waals surface area contributed by atoms with Crippen LogP contribution in [0, 0.1) is 0 Å². The highest BCUT2D eigenvalue weighted by atomic mass is 16.5. The highest BCUT2D eigenvalue weighted by Crippen LogP contribution is 2.28. The van der Waals surface area contributed by atoms with Gasteiger partial charge in [-0.1, -0.05) is 32.0 Å². The Morgan fingerprint density at radius 2 is 2.06 bits per heavy atom. The molecule has 2 atom stereocenters. The van der Waals surface area contributed by atoms with Crippen molar-refractivity contribution in [1.29, 1.82) is 0 Å². The van der Waals surface area contributed by atoms with E-state index in [9.17, 15) is 4.79 Å². The lowest BCUT2D eigenvalue weighted by Crippen LogP contribution is -2.41. The molecule has 1 aromatic carbocycles. The summed E-state index contributed by atoms with van der Waals surface area (Å²) in [5.74, 6) is 0.639. The molecule has 0 spiro atoms. The molecule has 0 radical (unpaired) electrons. The van der Waals surface area contributed by atoms with Gasteiger partial charge in [-0.15, -0.1) is 0 Å². The monoisotopic (exact) mass is 236 g/mol. The fourth-order valence-corrected chi connectivity index (χ4v) is 1.50. The molecule has 17 heavy (non-hydrogen) atoms. The van der Waals surface area contributed by atoms with Crippen molar-refractivity contribution >= 4 is 5.91 Å². The Morgan fingerprint density at radius 3 is 2.65 bits per heavy atom. The van der Waals surface area contributed by atoms with Crippen molar-refractivity contribution in [3.05, 3.63) is 29.8 Å². The molecule has 0 aromatic heterocycles. The summed E-state index contributed by atoms with van der Waals surface area (Å²) in [5, 5.41) is 0. The first-order chi connectivity index (χ1) is 8.06. The molecular formula is C13H20N2O2. The SMILES string of the molecule is CCC(C)c1ccccc1OCC(N)C(N)=O. The second-order valence-corrected chi connectivity index (χ2v) is 4.17. The average molecular weight is 236 g/mol. The van der Waals surface area contributed by atoms with E-state index >= 15 is 0 Å². The molecule has 0 saturated carbocycles. The molecule has 0 fully saturated rings. The van der Waals surface area contributed by atoms with Gasteiger partial charge in [-0.3, -0.25) is 4.79 Å². The zero-order valence-corrected chi connectivity index (χ0v) is 10.3. The first-order valence-corrected chi connectivity index (χ1v) is 5.82. The van der Waals surface area contributed by atoms with Crippen LogP contribution in [0.4, 0.5) is 0 Å². The van der Waals surface area contributed by atoms with Crippen LogP contribution in [0.2, 0.25) is 0 Å². The van der Waals surface area contributed by atoms with Crippen molar-refractivity contribution in [2.45, 2.75) is 32.2 Å². The van der Waals surface area contributed by atoms with Gasteiger partial charge in [0.1, 0.15) is 18.4 Å². The highest BCUT2D eigenvalue weighted by Gasteiger charge is 2.13. The molecule has 2 unspecified atom stereocenters. The smallest absolute Gasteiger partial charge is 0.237 e. The van der Waals surface area contributed by atoms with Crippen molar-refractivity contribution in [1.82, 2.24) is 0 Å². The second kappa shape index (κ2) is 6.25. The number of amides is 1. The lowest BCUT2D eigenvalue weighted by molar-refractivity contribution is -0.119. The van der Waals surface area contributed by atoms with Crippen molar-refractivity contribution in [2.75, 3.05) is 6.61 Å². The van der Waals surface area contributed by atoms with Crippen molar-refractivity contribution in [3.63, 3.8) is 0 Å². The molecule has 0 aliphatic carbocycles. The number of nitrogens with two attached hydrogens (primary N) is 2. The van der Waals surface area contributed by atoms with Gasteiger partial charge in [0.15, 0.2) is 0 Å². The molecule has 4 heteroatoms. The van der Waals surface area contributed by atoms with E-state index in [4.69, 9.17) is 16.2 Å². The number of ether oxygens (including phenoxy) is 1. The summed E-state index contributed by atoms with van der Waals surface area (Å²) in [5.41, 5.74) is 11.7. The molecule has 1 aromatic rings. The molecule has 94 valence electrons. The summed E-state index contributed by atoms with van der Waals surface area (Å²) in [6, 6.07) is 7.02. The molecule has 0 aliphatic rings. The van der Waals surface area contributed by atoms with E-state index in [2.05, 4.69) is 13.8 Å². The van der Waals surface area contributed by atoms with Crippen LogP contribution in [0.5, 0.6) is 5.75 Å². The summed E-state index contributed by atoms with van der Waals surface area (Å²) < 4.78 is 5.56. The third-order valence-electron chi connectivity index (χ3n) is 2.85. The summed E-state index contributed by atoms with van der Waals surface area (Å²) in [7, 11) is 0. The maximum atomic E-state index is 10.8. The van der Waals surface area contributed by atoms with Gasteiger partial charge in [0.05, 0.1) is 0 Å². The Labute approximate surface area is 102 Å². The van der Waals surface area contributed by atoms with Crippen molar-refractivity contribution < 1.29 is 9.53 Å². The minimum Gasteiger partial charge on any atom is -0.491 e. The maximum Gasteiger partial charge on any atom is 0.237 e. The lowest BCUT2D eigenvalue weighted by Gasteiger charge is -2.16. The number of rotatable bonds is 6. The van der Waals surface area contributed by atoms with Gasteiger partial charge >= 0.3 is 0 Å². The number of benzene rings is 1. The Balaban J connectivity index is 2.73. The van der Waals surface area contributed by atoms with E-state index in [1.807, 2.05) is 24.3 Å². The van der Waals surface area contributed by atoms with E-state index in [1.54, 1.807) is 0 Å². The molecule has 0 aliphatic heterocycles. The quantitative estimate of drug-likeness (QED) is 0.783. The first kappa shape index (κ1) is 13.5. The Bertz CT molecular complexity index is 379. The van der Waals surface area contributed by atoms with E-state index in [0.29, 0.717) is 5.92 Å². The van der Waals surface area contributed by atoms with E-state index in [-0.39, 0.29) is 6.61 Å². The molecule has 0 bridgehead atoms. The Kier molecular flexibility index (Phi) is 4.97. The summed E-state index contributed by atoms with van der Waals surface area (Å²) >= 11 is 0. The minimum absolute atomic E-state index is 0.114. The summed E-state index contributed by atoms with van der Waals surface area (Å²) in [6.45, 7) is 4.37. The molecule has 4 N–H and O–H groups in total. The average Bonchev–Trinajstić information content (AvgIpc) is 2.35.